The number of nitrogens with zero attached hydrogens (tertiary/aromatic N) is 3. The quantitative estimate of drug-likeness (QED) is 0.360. The molecule has 1 unspecified atom stereocenters. The molecule has 2 aliphatic carbocycles. The molecule has 2 N–H and O–H groups in total. The molecule has 0 radical (unpaired) electrons. The van der Waals surface area contributed by atoms with Crippen LogP contribution in [0.4, 0.5) is 17.3 Å². The molecule has 5 heteroatoms. The van der Waals surface area contributed by atoms with Gasteiger partial charge in [0, 0.05) is 34.5 Å². The van der Waals surface area contributed by atoms with E-state index in [1.165, 1.54) is 38.5 Å². The molecule has 1 atom stereocenters. The molecule has 2 saturated carbocycles. The van der Waals surface area contributed by atoms with Crippen molar-refractivity contribution < 1.29 is 0 Å². The highest BCUT2D eigenvalue weighted by atomic mass is 15.3. The van der Waals surface area contributed by atoms with Gasteiger partial charge in [0.25, 0.3) is 0 Å². The van der Waals surface area contributed by atoms with E-state index in [9.17, 15) is 0 Å². The van der Waals surface area contributed by atoms with Gasteiger partial charge in [-0.05, 0) is 68.0 Å². The number of anilines is 3. The third-order valence-electron chi connectivity index (χ3n) is 7.39. The number of hydrogen-bond acceptors (Lipinski definition) is 4. The van der Waals surface area contributed by atoms with Crippen LogP contribution >= 0.6 is 0 Å². The predicted molar refractivity (Wildman–Crippen MR) is 137 cm³/mol. The van der Waals surface area contributed by atoms with Gasteiger partial charge in [-0.3, -0.25) is 0 Å². The summed E-state index contributed by atoms with van der Waals surface area (Å²) >= 11 is 0. The van der Waals surface area contributed by atoms with Crippen molar-refractivity contribution >= 4 is 23.0 Å². The maximum absolute atomic E-state index is 4.89. The fraction of sp³-hybridized carbons (Fsp3) is 0.310. The summed E-state index contributed by atoms with van der Waals surface area (Å²) < 4.78 is 1.88. The number of nitrogens with one attached hydrogen (secondary N) is 2. The molecule has 2 fully saturated rings. The van der Waals surface area contributed by atoms with Gasteiger partial charge in [0.2, 0.25) is 0 Å². The van der Waals surface area contributed by atoms with Crippen molar-refractivity contribution in [1.82, 2.24) is 14.6 Å². The Balaban J connectivity index is 1.24. The maximum atomic E-state index is 4.89. The smallest absolute Gasteiger partial charge is 0.159 e. The van der Waals surface area contributed by atoms with Crippen LogP contribution in [0, 0.1) is 24.2 Å². The van der Waals surface area contributed by atoms with Gasteiger partial charge in [0.1, 0.15) is 11.6 Å². The first-order valence-electron chi connectivity index (χ1n) is 12.3. The standard InChI is InChI=1S/C29H29N5/c1-21-27(32-25-20-29(25)17-6-3-7-18-29)33-26-16-19-30-34(26)28(21)31-24-14-12-23(13-15-24)11-10-22-8-4-2-5-9-22/h2,4-5,8-9,12-16,19,25,31H,3,6-7,17-18,20H2,1H3,(H,32,33). The SMILES string of the molecule is Cc1c(NC2CC23CCCCC3)nc2ccnn2c1Nc1ccc(C#Cc2ccccc2)cc1. The van der Waals surface area contributed by atoms with E-state index < -0.39 is 0 Å². The normalized spacial score (nSPS) is 18.3. The van der Waals surface area contributed by atoms with Crippen molar-refractivity contribution in [1.29, 1.82) is 0 Å². The number of benzene rings is 2. The third-order valence-corrected chi connectivity index (χ3v) is 7.39. The molecule has 0 saturated heterocycles. The first kappa shape index (κ1) is 20.8. The molecule has 2 aromatic heterocycles. The Kier molecular flexibility index (Phi) is 5.22. The van der Waals surface area contributed by atoms with Crippen LogP contribution in [-0.4, -0.2) is 20.6 Å². The van der Waals surface area contributed by atoms with Gasteiger partial charge in [-0.1, -0.05) is 49.3 Å². The molecule has 2 aromatic carbocycles. The summed E-state index contributed by atoms with van der Waals surface area (Å²) in [5, 5.41) is 11.9. The van der Waals surface area contributed by atoms with Gasteiger partial charge in [-0.25, -0.2) is 4.98 Å². The van der Waals surface area contributed by atoms with E-state index >= 15 is 0 Å². The van der Waals surface area contributed by atoms with E-state index in [1.54, 1.807) is 6.20 Å². The summed E-state index contributed by atoms with van der Waals surface area (Å²) in [5.74, 6) is 8.36. The van der Waals surface area contributed by atoms with Gasteiger partial charge in [-0.15, -0.1) is 0 Å². The maximum Gasteiger partial charge on any atom is 0.159 e. The topological polar surface area (TPSA) is 54.2 Å². The van der Waals surface area contributed by atoms with Gasteiger partial charge in [0.15, 0.2) is 5.65 Å². The Hall–Kier alpha value is -3.78. The van der Waals surface area contributed by atoms with E-state index in [1.807, 2.05) is 53.0 Å². The summed E-state index contributed by atoms with van der Waals surface area (Å²) in [6.07, 6.45) is 9.89. The lowest BCUT2D eigenvalue weighted by atomic mass is 9.86. The fourth-order valence-corrected chi connectivity index (χ4v) is 5.27. The second-order valence-electron chi connectivity index (χ2n) is 9.68. The van der Waals surface area contributed by atoms with Gasteiger partial charge < -0.3 is 10.6 Å². The van der Waals surface area contributed by atoms with E-state index in [0.29, 0.717) is 11.5 Å². The molecule has 34 heavy (non-hydrogen) atoms. The van der Waals surface area contributed by atoms with Gasteiger partial charge in [0.05, 0.1) is 6.20 Å². The van der Waals surface area contributed by atoms with Crippen molar-refractivity contribution in [3.63, 3.8) is 0 Å². The second-order valence-corrected chi connectivity index (χ2v) is 9.68. The Morgan fingerprint density at radius 1 is 0.912 bits per heavy atom. The number of fused-ring (bicyclic) bond motifs is 1. The summed E-state index contributed by atoms with van der Waals surface area (Å²) in [7, 11) is 0. The predicted octanol–water partition coefficient (Wildman–Crippen LogP) is 6.32. The summed E-state index contributed by atoms with van der Waals surface area (Å²) in [4.78, 5) is 4.89. The molecule has 4 aromatic rings. The van der Waals surface area contributed by atoms with Crippen LogP contribution in [0.3, 0.4) is 0 Å². The molecule has 0 amide bonds. The van der Waals surface area contributed by atoms with E-state index in [-0.39, 0.29) is 0 Å². The van der Waals surface area contributed by atoms with E-state index in [0.717, 1.165) is 39.7 Å². The lowest BCUT2D eigenvalue weighted by molar-refractivity contribution is 0.330. The molecule has 0 aliphatic heterocycles. The van der Waals surface area contributed by atoms with Crippen molar-refractivity contribution in [2.45, 2.75) is 51.5 Å². The average molecular weight is 448 g/mol. The zero-order valence-electron chi connectivity index (χ0n) is 19.5. The first-order valence-corrected chi connectivity index (χ1v) is 12.3. The Bertz CT molecular complexity index is 1370. The highest BCUT2D eigenvalue weighted by molar-refractivity contribution is 5.69. The van der Waals surface area contributed by atoms with Gasteiger partial charge >= 0.3 is 0 Å². The van der Waals surface area contributed by atoms with Crippen LogP contribution in [0.5, 0.6) is 0 Å². The van der Waals surface area contributed by atoms with Gasteiger partial charge in [-0.2, -0.15) is 9.61 Å². The van der Waals surface area contributed by atoms with Crippen molar-refractivity contribution in [2.75, 3.05) is 10.6 Å². The molecule has 2 heterocycles. The molecular formula is C29H29N5. The van der Waals surface area contributed by atoms with Crippen LogP contribution in [0.1, 0.15) is 55.2 Å². The lowest BCUT2D eigenvalue weighted by Crippen LogP contribution is -2.19. The lowest BCUT2D eigenvalue weighted by Gasteiger charge is -2.23. The molecule has 2 aliphatic rings. The van der Waals surface area contributed by atoms with Crippen molar-refractivity contribution in [3.8, 4) is 11.8 Å². The number of hydrogen-bond donors (Lipinski definition) is 2. The van der Waals surface area contributed by atoms with Crippen molar-refractivity contribution in [3.05, 3.63) is 83.6 Å². The van der Waals surface area contributed by atoms with Crippen LogP contribution in [0.25, 0.3) is 5.65 Å². The number of rotatable bonds is 4. The molecule has 6 rings (SSSR count). The van der Waals surface area contributed by atoms with E-state index in [2.05, 4.69) is 46.6 Å². The van der Waals surface area contributed by atoms with E-state index in [4.69, 9.17) is 4.98 Å². The third kappa shape index (κ3) is 4.01. The fourth-order valence-electron chi connectivity index (χ4n) is 5.27. The monoisotopic (exact) mass is 447 g/mol. The second kappa shape index (κ2) is 8.53. The van der Waals surface area contributed by atoms with Crippen LogP contribution < -0.4 is 10.6 Å². The summed E-state index contributed by atoms with van der Waals surface area (Å²) in [6, 6.07) is 20.8. The number of aromatic nitrogens is 3. The minimum Gasteiger partial charge on any atom is -0.366 e. The Morgan fingerprint density at radius 3 is 2.41 bits per heavy atom. The first-order chi connectivity index (χ1) is 16.7. The molecule has 1 spiro atoms. The molecule has 5 nitrogen and oxygen atoms in total. The zero-order valence-corrected chi connectivity index (χ0v) is 19.5. The minimum atomic E-state index is 0.503. The summed E-state index contributed by atoms with van der Waals surface area (Å²) in [6.45, 7) is 2.12. The highest BCUT2D eigenvalue weighted by Gasteiger charge is 2.54. The van der Waals surface area contributed by atoms with Crippen LogP contribution in [-0.2, 0) is 0 Å². The minimum absolute atomic E-state index is 0.503. The molecule has 170 valence electrons. The molecule has 0 bridgehead atoms. The summed E-state index contributed by atoms with van der Waals surface area (Å²) in [5.41, 5.74) is 5.43. The van der Waals surface area contributed by atoms with Crippen molar-refractivity contribution in [2.24, 2.45) is 5.41 Å². The Morgan fingerprint density at radius 2 is 1.65 bits per heavy atom. The molecular weight excluding hydrogens is 418 g/mol. The van der Waals surface area contributed by atoms with Crippen LogP contribution in [0.15, 0.2) is 66.9 Å². The van der Waals surface area contributed by atoms with Crippen LogP contribution in [0.2, 0.25) is 0 Å². The Labute approximate surface area is 200 Å². The largest absolute Gasteiger partial charge is 0.366 e. The average Bonchev–Trinajstić information content (AvgIpc) is 3.29. The highest BCUT2D eigenvalue weighted by Crippen LogP contribution is 2.57. The zero-order chi connectivity index (χ0) is 23.0.